The summed E-state index contributed by atoms with van der Waals surface area (Å²) in [4.78, 5) is 12.3. The third-order valence-electron chi connectivity index (χ3n) is 8.48. The number of nitrogens with one attached hydrogen (secondary N) is 1. The summed E-state index contributed by atoms with van der Waals surface area (Å²) in [6.07, 6.45) is 31.1. The van der Waals surface area contributed by atoms with Crippen molar-refractivity contribution in [3.63, 3.8) is 0 Å². The van der Waals surface area contributed by atoms with Crippen LogP contribution in [0.3, 0.4) is 0 Å². The summed E-state index contributed by atoms with van der Waals surface area (Å²) >= 11 is 0. The van der Waals surface area contributed by atoms with E-state index in [1.165, 1.54) is 116 Å². The fourth-order valence-corrected chi connectivity index (χ4v) is 5.52. The molecule has 5 N–H and O–H groups in total. The van der Waals surface area contributed by atoms with Crippen LogP contribution in [0.5, 0.6) is 0 Å². The lowest BCUT2D eigenvalue weighted by Crippen LogP contribution is -2.53. The first-order chi connectivity index (χ1) is 20.5. The predicted molar refractivity (Wildman–Crippen MR) is 178 cm³/mol. The summed E-state index contributed by atoms with van der Waals surface area (Å²) in [6.45, 7) is 3.98. The van der Waals surface area contributed by atoms with E-state index < -0.39 is 36.9 Å². The molecule has 0 aliphatic carbocycles. The number of allylic oxidation sites excluding steroid dienone is 2. The molecule has 4 unspecified atom stereocenters. The van der Waals surface area contributed by atoms with E-state index in [9.17, 15) is 25.2 Å². The van der Waals surface area contributed by atoms with Crippen LogP contribution in [0.2, 0.25) is 0 Å². The van der Waals surface area contributed by atoms with Crippen molar-refractivity contribution in [3.8, 4) is 0 Å². The first-order valence-corrected chi connectivity index (χ1v) is 18.1. The maximum atomic E-state index is 12.3. The van der Waals surface area contributed by atoms with Crippen molar-refractivity contribution < 1.29 is 25.2 Å². The SMILES string of the molecule is CCCCCCCCCCCCCCC/C=C/CCCC(O)C(O)C(CO)NC(=O)C(O)CCCCCCCCCC. The number of unbranched alkanes of at least 4 members (excludes halogenated alkanes) is 21. The van der Waals surface area contributed by atoms with Gasteiger partial charge in [0.05, 0.1) is 18.8 Å². The van der Waals surface area contributed by atoms with Gasteiger partial charge in [-0.25, -0.2) is 0 Å². The highest BCUT2D eigenvalue weighted by atomic mass is 16.3. The molecule has 1 amide bonds. The Kier molecular flexibility index (Phi) is 30.8. The van der Waals surface area contributed by atoms with Crippen molar-refractivity contribution in [2.45, 2.75) is 205 Å². The molecule has 0 rings (SSSR count). The van der Waals surface area contributed by atoms with Gasteiger partial charge in [0.25, 0.3) is 0 Å². The number of carbonyl (C=O) groups is 1. The average Bonchev–Trinajstić information content (AvgIpc) is 2.99. The molecule has 0 heterocycles. The van der Waals surface area contributed by atoms with Crippen molar-refractivity contribution in [3.05, 3.63) is 12.2 Å². The van der Waals surface area contributed by atoms with Crippen LogP contribution < -0.4 is 5.32 Å². The average molecular weight is 598 g/mol. The molecular weight excluding hydrogens is 526 g/mol. The Balaban J connectivity index is 3.81. The van der Waals surface area contributed by atoms with Crippen molar-refractivity contribution in [1.29, 1.82) is 0 Å². The number of hydrogen-bond donors (Lipinski definition) is 5. The second-order valence-electron chi connectivity index (χ2n) is 12.6. The van der Waals surface area contributed by atoms with Gasteiger partial charge in [-0.05, 0) is 38.5 Å². The zero-order valence-corrected chi connectivity index (χ0v) is 27.8. The van der Waals surface area contributed by atoms with Gasteiger partial charge >= 0.3 is 0 Å². The summed E-state index contributed by atoms with van der Waals surface area (Å²) < 4.78 is 0. The van der Waals surface area contributed by atoms with Gasteiger partial charge in [0.15, 0.2) is 0 Å². The Bertz CT molecular complexity index is 599. The number of rotatable bonds is 32. The van der Waals surface area contributed by atoms with E-state index in [-0.39, 0.29) is 0 Å². The number of amides is 1. The van der Waals surface area contributed by atoms with Gasteiger partial charge < -0.3 is 25.7 Å². The van der Waals surface area contributed by atoms with Crippen LogP contribution in [-0.4, -0.2) is 57.3 Å². The van der Waals surface area contributed by atoms with Crippen molar-refractivity contribution in [2.24, 2.45) is 0 Å². The lowest BCUT2D eigenvalue weighted by atomic mass is 10.00. The quantitative estimate of drug-likeness (QED) is 0.0396. The molecule has 0 aliphatic heterocycles. The summed E-state index contributed by atoms with van der Waals surface area (Å²) in [5, 5.41) is 43.2. The summed E-state index contributed by atoms with van der Waals surface area (Å²) in [6, 6.07) is -0.994. The van der Waals surface area contributed by atoms with Gasteiger partial charge in [-0.3, -0.25) is 4.79 Å². The molecule has 0 radical (unpaired) electrons. The maximum absolute atomic E-state index is 12.3. The van der Waals surface area contributed by atoms with E-state index in [1.807, 2.05) is 0 Å². The Morgan fingerprint density at radius 3 is 1.43 bits per heavy atom. The minimum atomic E-state index is -1.27. The number of aliphatic hydroxyl groups excluding tert-OH is 4. The zero-order valence-electron chi connectivity index (χ0n) is 27.8. The predicted octanol–water partition coefficient (Wildman–Crippen LogP) is 8.28. The lowest BCUT2D eigenvalue weighted by Gasteiger charge is -2.27. The molecule has 0 fully saturated rings. The van der Waals surface area contributed by atoms with Gasteiger partial charge in [0, 0.05) is 0 Å². The van der Waals surface area contributed by atoms with Crippen molar-refractivity contribution in [2.75, 3.05) is 6.61 Å². The molecule has 0 saturated heterocycles. The highest BCUT2D eigenvalue weighted by molar-refractivity contribution is 5.80. The van der Waals surface area contributed by atoms with Crippen LogP contribution >= 0.6 is 0 Å². The molecular formula is C36H71NO5. The van der Waals surface area contributed by atoms with E-state index in [0.29, 0.717) is 12.8 Å². The van der Waals surface area contributed by atoms with Gasteiger partial charge in [-0.1, -0.05) is 154 Å². The van der Waals surface area contributed by atoms with Crippen LogP contribution in [0.15, 0.2) is 12.2 Å². The molecule has 0 bridgehead atoms. The zero-order chi connectivity index (χ0) is 31.1. The van der Waals surface area contributed by atoms with Crippen LogP contribution in [-0.2, 0) is 4.79 Å². The minimum absolute atomic E-state index is 0.364. The number of aliphatic hydroxyl groups is 4. The third kappa shape index (κ3) is 25.5. The third-order valence-corrected chi connectivity index (χ3v) is 8.48. The fraction of sp³-hybridized carbons (Fsp3) is 0.917. The summed E-state index contributed by atoms with van der Waals surface area (Å²) in [7, 11) is 0. The molecule has 0 aliphatic rings. The number of hydrogen-bond acceptors (Lipinski definition) is 5. The first kappa shape index (κ1) is 41.0. The molecule has 250 valence electrons. The number of carbonyl (C=O) groups excluding carboxylic acids is 1. The van der Waals surface area contributed by atoms with E-state index in [2.05, 4.69) is 31.3 Å². The summed E-state index contributed by atoms with van der Waals surface area (Å²) in [5.41, 5.74) is 0. The Morgan fingerprint density at radius 1 is 0.571 bits per heavy atom. The maximum Gasteiger partial charge on any atom is 0.249 e. The van der Waals surface area contributed by atoms with Gasteiger partial charge in [-0.2, -0.15) is 0 Å². The van der Waals surface area contributed by atoms with Gasteiger partial charge in [0.1, 0.15) is 12.2 Å². The topological polar surface area (TPSA) is 110 Å². The van der Waals surface area contributed by atoms with Crippen LogP contribution in [0, 0.1) is 0 Å². The Morgan fingerprint density at radius 2 is 0.976 bits per heavy atom. The molecule has 0 aromatic rings. The molecule has 0 saturated carbocycles. The van der Waals surface area contributed by atoms with Crippen LogP contribution in [0.4, 0.5) is 0 Å². The van der Waals surface area contributed by atoms with Gasteiger partial charge in [0.2, 0.25) is 5.91 Å². The normalized spacial score (nSPS) is 14.7. The van der Waals surface area contributed by atoms with Gasteiger partial charge in [-0.15, -0.1) is 0 Å². The van der Waals surface area contributed by atoms with Crippen molar-refractivity contribution >= 4 is 5.91 Å². The van der Waals surface area contributed by atoms with E-state index in [0.717, 1.165) is 38.5 Å². The van der Waals surface area contributed by atoms with E-state index in [4.69, 9.17) is 0 Å². The highest BCUT2D eigenvalue weighted by Gasteiger charge is 2.28. The molecule has 6 nitrogen and oxygen atoms in total. The Labute approximate surface area is 260 Å². The lowest BCUT2D eigenvalue weighted by molar-refractivity contribution is -0.132. The second-order valence-corrected chi connectivity index (χ2v) is 12.6. The fourth-order valence-electron chi connectivity index (χ4n) is 5.52. The molecule has 0 spiro atoms. The Hall–Kier alpha value is -0.950. The minimum Gasteiger partial charge on any atom is -0.394 e. The molecule has 0 aromatic carbocycles. The van der Waals surface area contributed by atoms with Crippen molar-refractivity contribution in [1.82, 2.24) is 5.32 Å². The summed E-state index contributed by atoms with van der Waals surface area (Å²) in [5.74, 6) is -0.598. The molecule has 0 aromatic heterocycles. The largest absolute Gasteiger partial charge is 0.394 e. The second kappa shape index (κ2) is 31.5. The first-order valence-electron chi connectivity index (χ1n) is 18.1. The monoisotopic (exact) mass is 598 g/mol. The standard InChI is InChI=1S/C36H71NO5/c1-3-5-7-9-11-13-14-15-16-17-18-19-20-21-22-24-25-27-29-33(39)35(41)32(31-38)37-36(42)34(40)30-28-26-23-12-10-8-6-4-2/h22,24,32-35,38-41H,3-21,23,25-31H2,1-2H3,(H,37,42)/b24-22+. The molecule has 4 atom stereocenters. The van der Waals surface area contributed by atoms with E-state index in [1.54, 1.807) is 0 Å². The highest BCUT2D eigenvalue weighted by Crippen LogP contribution is 2.15. The molecule has 42 heavy (non-hydrogen) atoms. The van der Waals surface area contributed by atoms with Crippen LogP contribution in [0.25, 0.3) is 0 Å². The van der Waals surface area contributed by atoms with Crippen LogP contribution in [0.1, 0.15) is 181 Å². The molecule has 6 heteroatoms. The smallest absolute Gasteiger partial charge is 0.249 e. The van der Waals surface area contributed by atoms with E-state index >= 15 is 0 Å².